The number of alkyl halides is 2. The highest BCUT2D eigenvalue weighted by Gasteiger charge is 2.25. The van der Waals surface area contributed by atoms with Gasteiger partial charge in [-0.25, -0.2) is 4.98 Å². The molecule has 0 atom stereocenters. The molecule has 7 nitrogen and oxygen atoms in total. The Bertz CT molecular complexity index is 1070. The minimum Gasteiger partial charge on any atom is -0.506 e. The molecule has 178 valence electrons. The fraction of sp³-hybridized carbons (Fsp3) is 0.320. The summed E-state index contributed by atoms with van der Waals surface area (Å²) in [4.78, 5) is 10.0. The quantitative estimate of drug-likeness (QED) is 0.487. The third kappa shape index (κ3) is 6.78. The molecule has 1 saturated carbocycles. The number of pyridine rings is 2. The van der Waals surface area contributed by atoms with Crippen LogP contribution in [0, 0.1) is 11.3 Å². The summed E-state index contributed by atoms with van der Waals surface area (Å²) in [7, 11) is 1.64. The van der Waals surface area contributed by atoms with Crippen LogP contribution in [-0.2, 0) is 0 Å². The van der Waals surface area contributed by atoms with Gasteiger partial charge >= 0.3 is 6.61 Å². The van der Waals surface area contributed by atoms with Gasteiger partial charge in [0.2, 0.25) is 0 Å². The molecule has 0 saturated heterocycles. The van der Waals surface area contributed by atoms with Crippen molar-refractivity contribution in [3.05, 3.63) is 66.7 Å². The Morgan fingerprint density at radius 1 is 1.06 bits per heavy atom. The summed E-state index contributed by atoms with van der Waals surface area (Å²) < 4.78 is 34.7. The first-order valence-electron chi connectivity index (χ1n) is 10.9. The number of anilines is 2. The van der Waals surface area contributed by atoms with Crippen molar-refractivity contribution in [3.63, 3.8) is 0 Å². The number of nitrogens with zero attached hydrogens (tertiary/aromatic N) is 4. The third-order valence-electron chi connectivity index (χ3n) is 5.38. The molecule has 1 aromatic carbocycles. The molecule has 34 heavy (non-hydrogen) atoms. The predicted molar refractivity (Wildman–Crippen MR) is 123 cm³/mol. The molecule has 0 amide bonds. The highest BCUT2D eigenvalue weighted by molar-refractivity contribution is 5.69. The first-order chi connectivity index (χ1) is 16.5. The Kier molecular flexibility index (Phi) is 8.97. The van der Waals surface area contributed by atoms with Gasteiger partial charge in [-0.15, -0.1) is 0 Å². The zero-order chi connectivity index (χ0) is 24.3. The second-order valence-corrected chi connectivity index (χ2v) is 7.60. The number of hydrogen-bond donors (Lipinski definition) is 1. The molecule has 9 heteroatoms. The second kappa shape index (κ2) is 12.3. The molecule has 1 fully saturated rings. The van der Waals surface area contributed by atoms with Gasteiger partial charge < -0.3 is 19.5 Å². The molecule has 0 spiro atoms. The summed E-state index contributed by atoms with van der Waals surface area (Å²) >= 11 is 0. The largest absolute Gasteiger partial charge is 0.506 e. The predicted octanol–water partition coefficient (Wildman–Crippen LogP) is 5.82. The first kappa shape index (κ1) is 24.7. The maximum absolute atomic E-state index is 12.4. The molecule has 0 unspecified atom stereocenters. The zero-order valence-corrected chi connectivity index (χ0v) is 18.8. The molecule has 2 heterocycles. The Labute approximate surface area is 197 Å². The smallest absolute Gasteiger partial charge is 0.387 e. The minimum atomic E-state index is -2.82. The van der Waals surface area contributed by atoms with Crippen molar-refractivity contribution in [1.82, 2.24) is 9.97 Å². The molecular weight excluding hydrogens is 442 g/mol. The van der Waals surface area contributed by atoms with Crippen molar-refractivity contribution in [2.75, 3.05) is 12.0 Å². The van der Waals surface area contributed by atoms with Crippen LogP contribution in [0.25, 0.3) is 0 Å². The lowest BCUT2D eigenvalue weighted by Crippen LogP contribution is -2.33. The van der Waals surface area contributed by atoms with E-state index in [0.29, 0.717) is 11.7 Å². The minimum absolute atomic E-state index is 0.0778. The van der Waals surface area contributed by atoms with E-state index in [1.165, 1.54) is 37.6 Å². The maximum Gasteiger partial charge on any atom is 0.387 e. The molecule has 0 radical (unpaired) electrons. The summed E-state index contributed by atoms with van der Waals surface area (Å²) in [6, 6.07) is 13.6. The van der Waals surface area contributed by atoms with E-state index >= 15 is 0 Å². The van der Waals surface area contributed by atoms with Gasteiger partial charge in [0.15, 0.2) is 0 Å². The second-order valence-electron chi connectivity index (χ2n) is 7.60. The summed E-state index contributed by atoms with van der Waals surface area (Å²) in [6.45, 7) is -2.82. The Hall–Kier alpha value is -3.93. The monoisotopic (exact) mass is 468 g/mol. The highest BCUT2D eigenvalue weighted by atomic mass is 19.3. The van der Waals surface area contributed by atoms with Crippen LogP contribution in [0.5, 0.6) is 17.2 Å². The van der Waals surface area contributed by atoms with Gasteiger partial charge in [0.1, 0.15) is 34.7 Å². The molecule has 4 rings (SSSR count). The van der Waals surface area contributed by atoms with Gasteiger partial charge in [0.05, 0.1) is 19.5 Å². The van der Waals surface area contributed by atoms with Gasteiger partial charge in [-0.05, 0) is 49.2 Å². The van der Waals surface area contributed by atoms with Gasteiger partial charge in [-0.3, -0.25) is 4.98 Å². The number of aromatic hydroxyl groups is 1. The maximum atomic E-state index is 12.4. The number of halogens is 2. The van der Waals surface area contributed by atoms with E-state index in [0.717, 1.165) is 30.0 Å². The molecule has 2 aromatic heterocycles. The van der Waals surface area contributed by atoms with E-state index in [4.69, 9.17) is 15.1 Å². The molecule has 0 bridgehead atoms. The number of nitriles is 1. The van der Waals surface area contributed by atoms with Crippen molar-refractivity contribution in [2.45, 2.75) is 44.8 Å². The number of hydrogen-bond acceptors (Lipinski definition) is 7. The van der Waals surface area contributed by atoms with E-state index in [9.17, 15) is 8.78 Å². The summed E-state index contributed by atoms with van der Waals surface area (Å²) in [5.41, 5.74) is 2.12. The van der Waals surface area contributed by atoms with Crippen molar-refractivity contribution < 1.29 is 23.4 Å². The average Bonchev–Trinajstić information content (AvgIpc) is 2.87. The molecule has 1 aliphatic carbocycles. The van der Waals surface area contributed by atoms with Gasteiger partial charge in [-0.1, -0.05) is 19.3 Å². The van der Waals surface area contributed by atoms with E-state index in [1.54, 1.807) is 43.8 Å². The van der Waals surface area contributed by atoms with Crippen LogP contribution in [-0.4, -0.2) is 34.8 Å². The molecular formula is C25H26F2N4O3. The zero-order valence-electron chi connectivity index (χ0n) is 18.8. The van der Waals surface area contributed by atoms with Crippen molar-refractivity contribution in [1.29, 1.82) is 5.26 Å². The lowest BCUT2D eigenvalue weighted by atomic mass is 9.93. The lowest BCUT2D eigenvalue weighted by molar-refractivity contribution is -0.0498. The van der Waals surface area contributed by atoms with Crippen molar-refractivity contribution >= 4 is 11.4 Å². The standard InChI is InChI=1S/C19H22F2N2O2.C6H4N2O/c1-24-18-11-12-22-13-17(18)23(14-5-3-2-4-6-14)15-7-9-16(10-8-15)25-19(20)21;7-3-5-1-2-6(9)4-8-5/h7-14,19H,2-6H2,1H3;1-2,4,9H. The normalized spacial score (nSPS) is 13.4. The fourth-order valence-corrected chi connectivity index (χ4v) is 3.85. The van der Waals surface area contributed by atoms with Crippen molar-refractivity contribution in [3.8, 4) is 23.3 Å². The highest BCUT2D eigenvalue weighted by Crippen LogP contribution is 2.39. The van der Waals surface area contributed by atoms with Gasteiger partial charge in [0, 0.05) is 24.0 Å². The van der Waals surface area contributed by atoms with Crippen LogP contribution >= 0.6 is 0 Å². The number of ether oxygens (including phenoxy) is 2. The number of aromatic nitrogens is 2. The van der Waals surface area contributed by atoms with Crippen LogP contribution < -0.4 is 14.4 Å². The molecule has 1 aliphatic rings. The topological polar surface area (TPSA) is 91.5 Å². The van der Waals surface area contributed by atoms with Gasteiger partial charge in [0.25, 0.3) is 0 Å². The summed E-state index contributed by atoms with van der Waals surface area (Å²) in [5, 5.41) is 16.9. The lowest BCUT2D eigenvalue weighted by Gasteiger charge is -2.36. The molecule has 0 aliphatic heterocycles. The van der Waals surface area contributed by atoms with Crippen LogP contribution in [0.15, 0.2) is 61.1 Å². The van der Waals surface area contributed by atoms with Crippen LogP contribution in [0.4, 0.5) is 20.2 Å². The van der Waals surface area contributed by atoms with Crippen LogP contribution in [0.3, 0.4) is 0 Å². The average molecular weight is 469 g/mol. The van der Waals surface area contributed by atoms with Crippen LogP contribution in [0.2, 0.25) is 0 Å². The van der Waals surface area contributed by atoms with E-state index in [2.05, 4.69) is 19.6 Å². The SMILES string of the molecule is COc1ccncc1N(c1ccc(OC(F)F)cc1)C1CCCCC1.N#Cc1ccc(O)cn1. The summed E-state index contributed by atoms with van der Waals surface area (Å²) in [6.07, 6.45) is 10.5. The number of rotatable bonds is 6. The Morgan fingerprint density at radius 2 is 1.79 bits per heavy atom. The van der Waals surface area contributed by atoms with E-state index < -0.39 is 6.61 Å². The van der Waals surface area contributed by atoms with Crippen LogP contribution in [0.1, 0.15) is 37.8 Å². The molecule has 1 N–H and O–H groups in total. The van der Waals surface area contributed by atoms with E-state index in [-0.39, 0.29) is 11.5 Å². The number of methoxy groups -OCH3 is 1. The van der Waals surface area contributed by atoms with Crippen molar-refractivity contribution in [2.24, 2.45) is 0 Å². The summed E-state index contributed by atoms with van der Waals surface area (Å²) in [5.74, 6) is 0.975. The third-order valence-corrected chi connectivity index (χ3v) is 5.38. The first-order valence-corrected chi connectivity index (χ1v) is 10.9. The van der Waals surface area contributed by atoms with Gasteiger partial charge in [-0.2, -0.15) is 14.0 Å². The fourth-order valence-electron chi connectivity index (χ4n) is 3.85. The number of benzene rings is 1. The molecule has 3 aromatic rings. The Morgan fingerprint density at radius 3 is 2.38 bits per heavy atom. The van der Waals surface area contributed by atoms with E-state index in [1.807, 2.05) is 12.1 Å². The Balaban J connectivity index is 0.000000302.